The monoisotopic (exact) mass is 495 g/mol. The van der Waals surface area contributed by atoms with Crippen molar-refractivity contribution in [1.29, 1.82) is 0 Å². The Bertz CT molecular complexity index is 1150. The molecule has 3 aromatic rings. The van der Waals surface area contributed by atoms with Gasteiger partial charge in [0.05, 0.1) is 5.69 Å². The van der Waals surface area contributed by atoms with Crippen LogP contribution in [0.4, 0.5) is 5.69 Å². The number of benzene rings is 2. The number of fused-ring (bicyclic) bond motifs is 2. The molecular weight excluding hydrogens is 466 g/mol. The Kier molecular flexibility index (Phi) is 6.82. The first-order valence-corrected chi connectivity index (χ1v) is 13.0. The SMILES string of the molecule is CNc1cc(-c2ccc(Cl)cc2)sc1C(=O)NCc1cccc(O[C@H]2C[C@H]3CC[C@@H](C2)N3C)c1. The molecule has 0 aliphatic carbocycles. The number of thiophene rings is 1. The van der Waals surface area contributed by atoms with E-state index in [0.717, 1.165) is 40.3 Å². The summed E-state index contributed by atoms with van der Waals surface area (Å²) in [5.41, 5.74) is 2.89. The number of hydrogen-bond acceptors (Lipinski definition) is 5. The number of nitrogens with zero attached hydrogens (tertiary/aromatic N) is 1. The summed E-state index contributed by atoms with van der Waals surface area (Å²) in [6.45, 7) is 0.450. The number of amides is 1. The normalized spacial score (nSPS) is 21.9. The van der Waals surface area contributed by atoms with Crippen LogP contribution in [0.15, 0.2) is 54.6 Å². The van der Waals surface area contributed by atoms with E-state index < -0.39 is 0 Å². The lowest BCUT2D eigenvalue weighted by Crippen LogP contribution is -2.43. The summed E-state index contributed by atoms with van der Waals surface area (Å²) in [5, 5.41) is 6.91. The van der Waals surface area contributed by atoms with E-state index in [1.54, 1.807) is 0 Å². The van der Waals surface area contributed by atoms with Crippen molar-refractivity contribution in [2.45, 2.75) is 50.4 Å². The van der Waals surface area contributed by atoms with Gasteiger partial charge in [-0.2, -0.15) is 0 Å². The Morgan fingerprint density at radius 2 is 1.85 bits per heavy atom. The van der Waals surface area contributed by atoms with E-state index in [-0.39, 0.29) is 12.0 Å². The van der Waals surface area contributed by atoms with Gasteiger partial charge < -0.3 is 20.3 Å². The van der Waals surface area contributed by atoms with E-state index in [1.165, 1.54) is 24.2 Å². The van der Waals surface area contributed by atoms with Crippen LogP contribution in [-0.2, 0) is 6.54 Å². The zero-order valence-corrected chi connectivity index (χ0v) is 21.1. The molecule has 3 heterocycles. The average Bonchev–Trinajstić information content (AvgIpc) is 3.35. The average molecular weight is 496 g/mol. The van der Waals surface area contributed by atoms with Crippen LogP contribution in [0.1, 0.15) is 40.9 Å². The van der Waals surface area contributed by atoms with Gasteiger partial charge in [0, 0.05) is 35.6 Å². The Morgan fingerprint density at radius 3 is 2.56 bits per heavy atom. The highest BCUT2D eigenvalue weighted by Gasteiger charge is 2.39. The van der Waals surface area contributed by atoms with E-state index in [1.807, 2.05) is 61.6 Å². The van der Waals surface area contributed by atoms with Gasteiger partial charge >= 0.3 is 0 Å². The van der Waals surface area contributed by atoms with Crippen molar-refractivity contribution in [3.05, 3.63) is 70.1 Å². The van der Waals surface area contributed by atoms with E-state index in [4.69, 9.17) is 16.3 Å². The zero-order valence-electron chi connectivity index (χ0n) is 19.5. The molecule has 2 aromatic carbocycles. The van der Waals surface area contributed by atoms with Gasteiger partial charge in [-0.05, 0) is 74.2 Å². The minimum absolute atomic E-state index is 0.0900. The Labute approximate surface area is 210 Å². The molecular formula is C27H30ClN3O2S. The predicted molar refractivity (Wildman–Crippen MR) is 140 cm³/mol. The summed E-state index contributed by atoms with van der Waals surface area (Å²) in [6.07, 6.45) is 5.02. The van der Waals surface area contributed by atoms with Crippen LogP contribution in [0, 0.1) is 0 Å². The maximum atomic E-state index is 13.0. The standard InChI is InChI=1S/C27H30ClN3O2S/c1-29-24-15-25(18-6-8-19(28)9-7-18)34-26(24)27(32)30-16-17-4-3-5-22(12-17)33-23-13-20-10-11-21(14-23)31(20)2/h3-9,12,15,20-21,23,29H,10-11,13-14,16H2,1-2H3,(H,30,32)/t20-,21+,23+. The van der Waals surface area contributed by atoms with E-state index in [9.17, 15) is 4.79 Å². The number of carbonyl (C=O) groups is 1. The molecule has 1 aromatic heterocycles. The third-order valence-electron chi connectivity index (χ3n) is 7.05. The third kappa shape index (κ3) is 4.95. The zero-order chi connectivity index (χ0) is 23.7. The topological polar surface area (TPSA) is 53.6 Å². The van der Waals surface area contributed by atoms with Crippen LogP contribution >= 0.6 is 22.9 Å². The second kappa shape index (κ2) is 9.98. The molecule has 2 aliphatic rings. The molecule has 0 unspecified atom stereocenters. The highest BCUT2D eigenvalue weighted by atomic mass is 35.5. The summed E-state index contributed by atoms with van der Waals surface area (Å²) in [4.78, 5) is 17.2. The van der Waals surface area contributed by atoms with Gasteiger partial charge in [0.25, 0.3) is 5.91 Å². The smallest absolute Gasteiger partial charge is 0.263 e. The molecule has 34 heavy (non-hydrogen) atoms. The number of anilines is 1. The number of rotatable bonds is 7. The first-order valence-electron chi connectivity index (χ1n) is 11.8. The van der Waals surface area contributed by atoms with Gasteiger partial charge in [0.1, 0.15) is 16.7 Å². The van der Waals surface area contributed by atoms with E-state index >= 15 is 0 Å². The Hall–Kier alpha value is -2.54. The summed E-state index contributed by atoms with van der Waals surface area (Å²) < 4.78 is 6.36. The molecule has 2 bridgehead atoms. The van der Waals surface area contributed by atoms with Crippen LogP contribution in [0.3, 0.4) is 0 Å². The fourth-order valence-electron chi connectivity index (χ4n) is 5.14. The number of carbonyl (C=O) groups excluding carboxylic acids is 1. The van der Waals surface area contributed by atoms with Crippen molar-refractivity contribution in [1.82, 2.24) is 10.2 Å². The molecule has 0 spiro atoms. The maximum Gasteiger partial charge on any atom is 0.263 e. The minimum atomic E-state index is -0.0900. The first-order chi connectivity index (χ1) is 16.5. The number of halogens is 1. The molecule has 2 saturated heterocycles. The van der Waals surface area contributed by atoms with Gasteiger partial charge in [-0.3, -0.25) is 4.79 Å². The Morgan fingerprint density at radius 1 is 1.12 bits per heavy atom. The number of ether oxygens (including phenoxy) is 1. The van der Waals surface area contributed by atoms with Crippen LogP contribution < -0.4 is 15.4 Å². The molecule has 5 rings (SSSR count). The summed E-state index contributed by atoms with van der Waals surface area (Å²) >= 11 is 7.49. The van der Waals surface area contributed by atoms with Crippen LogP contribution in [-0.4, -0.2) is 43.1 Å². The van der Waals surface area contributed by atoms with Gasteiger partial charge in [-0.15, -0.1) is 11.3 Å². The van der Waals surface area contributed by atoms with E-state index in [0.29, 0.717) is 28.5 Å². The quantitative estimate of drug-likeness (QED) is 0.419. The molecule has 0 radical (unpaired) electrons. The number of hydrogen-bond donors (Lipinski definition) is 2. The van der Waals surface area contributed by atoms with Gasteiger partial charge in [0.2, 0.25) is 0 Å². The van der Waals surface area contributed by atoms with Crippen molar-refractivity contribution in [3.8, 4) is 16.2 Å². The second-order valence-electron chi connectivity index (χ2n) is 9.20. The molecule has 2 fully saturated rings. The third-order valence-corrected chi connectivity index (χ3v) is 8.48. The highest BCUT2D eigenvalue weighted by Crippen LogP contribution is 2.37. The molecule has 0 saturated carbocycles. The number of nitrogens with one attached hydrogen (secondary N) is 2. The highest BCUT2D eigenvalue weighted by molar-refractivity contribution is 7.18. The van der Waals surface area contributed by atoms with E-state index in [2.05, 4.69) is 22.6 Å². The van der Waals surface area contributed by atoms with Crippen LogP contribution in [0.25, 0.3) is 10.4 Å². The fourth-order valence-corrected chi connectivity index (χ4v) is 6.36. The molecule has 7 heteroatoms. The van der Waals surface area contributed by atoms with Crippen molar-refractivity contribution in [3.63, 3.8) is 0 Å². The first kappa shape index (κ1) is 23.2. The van der Waals surface area contributed by atoms with Crippen molar-refractivity contribution in [2.24, 2.45) is 0 Å². The van der Waals surface area contributed by atoms with Gasteiger partial charge in [-0.1, -0.05) is 35.9 Å². The van der Waals surface area contributed by atoms with Crippen LogP contribution in [0.5, 0.6) is 5.75 Å². The molecule has 3 atom stereocenters. The Balaban J connectivity index is 1.22. The fraction of sp³-hybridized carbons (Fsp3) is 0.370. The summed E-state index contributed by atoms with van der Waals surface area (Å²) in [5.74, 6) is 0.797. The van der Waals surface area contributed by atoms with Crippen molar-refractivity contribution >= 4 is 34.5 Å². The van der Waals surface area contributed by atoms with Crippen molar-refractivity contribution in [2.75, 3.05) is 19.4 Å². The maximum absolute atomic E-state index is 13.0. The lowest BCUT2D eigenvalue weighted by molar-refractivity contribution is 0.0661. The number of piperidine rings is 1. The second-order valence-corrected chi connectivity index (χ2v) is 10.7. The van der Waals surface area contributed by atoms with Gasteiger partial charge in [0.15, 0.2) is 0 Å². The van der Waals surface area contributed by atoms with Crippen molar-refractivity contribution < 1.29 is 9.53 Å². The predicted octanol–water partition coefficient (Wildman–Crippen LogP) is 6.04. The van der Waals surface area contributed by atoms with Gasteiger partial charge in [-0.25, -0.2) is 0 Å². The largest absolute Gasteiger partial charge is 0.490 e. The summed E-state index contributed by atoms with van der Waals surface area (Å²) in [6, 6.07) is 19.1. The van der Waals surface area contributed by atoms with Crippen LogP contribution in [0.2, 0.25) is 5.02 Å². The molecule has 178 valence electrons. The lowest BCUT2D eigenvalue weighted by Gasteiger charge is -2.36. The molecule has 5 nitrogen and oxygen atoms in total. The summed E-state index contributed by atoms with van der Waals surface area (Å²) in [7, 11) is 4.08. The molecule has 1 amide bonds. The minimum Gasteiger partial charge on any atom is -0.490 e. The molecule has 2 N–H and O–H groups in total. The lowest BCUT2D eigenvalue weighted by atomic mass is 10.0. The molecule has 2 aliphatic heterocycles.